The SMILES string of the molecule is COc1cccc(CNC(=O)CCC2=NNC3C4CC(c5ccc(Cl)cc5)NN4C=CN23)c1. The maximum atomic E-state index is 12.4. The smallest absolute Gasteiger partial charge is 0.220 e. The summed E-state index contributed by atoms with van der Waals surface area (Å²) in [6.07, 6.45) is 5.98. The third kappa shape index (κ3) is 4.62. The van der Waals surface area contributed by atoms with Crippen molar-refractivity contribution in [3.63, 3.8) is 0 Å². The fourth-order valence-electron chi connectivity index (χ4n) is 4.52. The first kappa shape index (κ1) is 21.6. The van der Waals surface area contributed by atoms with E-state index in [1.165, 1.54) is 5.56 Å². The first-order valence-corrected chi connectivity index (χ1v) is 11.5. The Balaban J connectivity index is 1.13. The second kappa shape index (κ2) is 9.33. The van der Waals surface area contributed by atoms with Crippen LogP contribution in [0, 0.1) is 0 Å². The van der Waals surface area contributed by atoms with Crippen LogP contribution in [-0.2, 0) is 11.3 Å². The Labute approximate surface area is 198 Å². The highest BCUT2D eigenvalue weighted by Gasteiger charge is 2.44. The van der Waals surface area contributed by atoms with E-state index in [2.05, 4.69) is 43.3 Å². The summed E-state index contributed by atoms with van der Waals surface area (Å²) in [5.74, 6) is 1.66. The lowest BCUT2D eigenvalue weighted by Crippen LogP contribution is -2.54. The molecule has 1 saturated heterocycles. The van der Waals surface area contributed by atoms with E-state index < -0.39 is 0 Å². The third-order valence-electron chi connectivity index (χ3n) is 6.29. The number of carbonyl (C=O) groups excluding carboxylic acids is 1. The van der Waals surface area contributed by atoms with Crippen LogP contribution in [0.1, 0.15) is 36.4 Å². The zero-order chi connectivity index (χ0) is 22.8. The van der Waals surface area contributed by atoms with Gasteiger partial charge in [-0.25, -0.2) is 5.43 Å². The van der Waals surface area contributed by atoms with Crippen molar-refractivity contribution in [2.45, 2.75) is 44.1 Å². The van der Waals surface area contributed by atoms with Gasteiger partial charge in [0.1, 0.15) is 17.8 Å². The molecule has 172 valence electrons. The molecule has 3 aliphatic heterocycles. The summed E-state index contributed by atoms with van der Waals surface area (Å²) < 4.78 is 5.23. The Kier molecular flexibility index (Phi) is 6.11. The van der Waals surface area contributed by atoms with E-state index >= 15 is 0 Å². The fourth-order valence-corrected chi connectivity index (χ4v) is 4.65. The van der Waals surface area contributed by atoms with E-state index in [0.717, 1.165) is 28.6 Å². The van der Waals surface area contributed by atoms with E-state index in [0.29, 0.717) is 19.4 Å². The minimum absolute atomic E-state index is 0.00285. The van der Waals surface area contributed by atoms with E-state index in [9.17, 15) is 4.79 Å². The molecule has 0 aliphatic carbocycles. The number of methoxy groups -OCH3 is 1. The molecule has 3 atom stereocenters. The number of hydrogen-bond acceptors (Lipinski definition) is 7. The maximum Gasteiger partial charge on any atom is 0.220 e. The Morgan fingerprint density at radius 2 is 2.09 bits per heavy atom. The standard InChI is InChI=1S/C24H27ClN6O2/c1-33-19-4-2-3-16(13-19)15-26-23(32)10-9-22-27-28-24-21-14-20(17-5-7-18(25)8-6-17)29-31(21)12-11-30(22)24/h2-8,11-13,20-21,24,28-29H,9-10,14-15H2,1H3,(H,26,32). The highest BCUT2D eigenvalue weighted by molar-refractivity contribution is 6.30. The molecule has 1 amide bonds. The monoisotopic (exact) mass is 466 g/mol. The van der Waals surface area contributed by atoms with Crippen LogP contribution in [0.5, 0.6) is 5.75 Å². The number of benzene rings is 2. The van der Waals surface area contributed by atoms with Crippen molar-refractivity contribution in [2.24, 2.45) is 5.10 Å². The molecule has 0 spiro atoms. The average molecular weight is 467 g/mol. The summed E-state index contributed by atoms with van der Waals surface area (Å²) in [6, 6.07) is 16.1. The van der Waals surface area contributed by atoms with E-state index in [4.69, 9.17) is 16.3 Å². The summed E-state index contributed by atoms with van der Waals surface area (Å²) in [7, 11) is 1.63. The average Bonchev–Trinajstić information content (AvgIpc) is 3.46. The number of hydrazine groups is 1. The molecule has 3 heterocycles. The van der Waals surface area contributed by atoms with E-state index in [-0.39, 0.29) is 24.2 Å². The van der Waals surface area contributed by atoms with Crippen molar-refractivity contribution in [2.75, 3.05) is 7.11 Å². The first-order chi connectivity index (χ1) is 16.1. The Morgan fingerprint density at radius 1 is 1.24 bits per heavy atom. The summed E-state index contributed by atoms with van der Waals surface area (Å²) in [6.45, 7) is 0.474. The minimum atomic E-state index is -0.00285. The van der Waals surface area contributed by atoms with Gasteiger partial charge in [-0.2, -0.15) is 5.10 Å². The number of fused-ring (bicyclic) bond motifs is 3. The molecule has 2 aromatic rings. The quantitative estimate of drug-likeness (QED) is 0.582. The van der Waals surface area contributed by atoms with Gasteiger partial charge in [-0.15, -0.1) is 0 Å². The van der Waals surface area contributed by atoms with Gasteiger partial charge in [0, 0.05) is 36.8 Å². The minimum Gasteiger partial charge on any atom is -0.497 e. The van der Waals surface area contributed by atoms with Crippen LogP contribution in [0.3, 0.4) is 0 Å². The number of amides is 1. The molecular formula is C24H27ClN6O2. The molecule has 3 unspecified atom stereocenters. The Hall–Kier alpha value is -3.23. The summed E-state index contributed by atoms with van der Waals surface area (Å²) >= 11 is 6.04. The maximum absolute atomic E-state index is 12.4. The van der Waals surface area contributed by atoms with Crippen molar-refractivity contribution in [1.82, 2.24) is 26.1 Å². The number of carbonyl (C=O) groups is 1. The van der Waals surface area contributed by atoms with Gasteiger partial charge in [-0.3, -0.25) is 10.2 Å². The number of hydrogen-bond donors (Lipinski definition) is 3. The predicted molar refractivity (Wildman–Crippen MR) is 127 cm³/mol. The largest absolute Gasteiger partial charge is 0.497 e. The van der Waals surface area contributed by atoms with Crippen molar-refractivity contribution in [1.29, 1.82) is 0 Å². The number of ether oxygens (including phenoxy) is 1. The topological polar surface area (TPSA) is 81.2 Å². The van der Waals surface area contributed by atoms with Gasteiger partial charge in [-0.1, -0.05) is 35.9 Å². The van der Waals surface area contributed by atoms with E-state index in [1.54, 1.807) is 7.11 Å². The Morgan fingerprint density at radius 3 is 2.91 bits per heavy atom. The lowest BCUT2D eigenvalue weighted by Gasteiger charge is -2.37. The lowest BCUT2D eigenvalue weighted by atomic mass is 9.99. The van der Waals surface area contributed by atoms with Gasteiger partial charge in [0.2, 0.25) is 5.91 Å². The molecule has 8 nitrogen and oxygen atoms in total. The fraction of sp³-hybridized carbons (Fsp3) is 0.333. The second-order valence-electron chi connectivity index (χ2n) is 8.38. The van der Waals surface area contributed by atoms with Crippen LogP contribution < -0.4 is 20.9 Å². The number of hydrazone groups is 1. The van der Waals surface area contributed by atoms with Crippen molar-refractivity contribution >= 4 is 23.3 Å². The first-order valence-electron chi connectivity index (χ1n) is 11.1. The molecule has 5 rings (SSSR count). The van der Waals surface area contributed by atoms with Gasteiger partial charge in [0.05, 0.1) is 19.2 Å². The van der Waals surface area contributed by atoms with Crippen molar-refractivity contribution in [3.05, 3.63) is 77.1 Å². The molecule has 0 aromatic heterocycles. The van der Waals surface area contributed by atoms with E-state index in [1.807, 2.05) is 48.8 Å². The number of halogens is 1. The molecule has 1 fully saturated rings. The van der Waals surface area contributed by atoms with Gasteiger partial charge in [0.15, 0.2) is 0 Å². The number of rotatable bonds is 7. The Bertz CT molecular complexity index is 1070. The highest BCUT2D eigenvalue weighted by atomic mass is 35.5. The van der Waals surface area contributed by atoms with Crippen molar-refractivity contribution in [3.8, 4) is 5.75 Å². The van der Waals surface area contributed by atoms with Gasteiger partial charge in [-0.05, 0) is 41.8 Å². The second-order valence-corrected chi connectivity index (χ2v) is 8.82. The van der Waals surface area contributed by atoms with Gasteiger partial charge in [0.25, 0.3) is 0 Å². The van der Waals surface area contributed by atoms with Crippen LogP contribution in [0.15, 0.2) is 66.0 Å². The van der Waals surface area contributed by atoms with Gasteiger partial charge < -0.3 is 20.0 Å². The summed E-state index contributed by atoms with van der Waals surface area (Å²) in [5.41, 5.74) is 9.04. The summed E-state index contributed by atoms with van der Waals surface area (Å²) in [4.78, 5) is 14.6. The third-order valence-corrected chi connectivity index (χ3v) is 6.54. The van der Waals surface area contributed by atoms with Crippen LogP contribution in [0.2, 0.25) is 5.02 Å². The molecular weight excluding hydrogens is 440 g/mol. The zero-order valence-corrected chi connectivity index (χ0v) is 19.1. The number of nitrogens with zero attached hydrogens (tertiary/aromatic N) is 3. The van der Waals surface area contributed by atoms with Crippen LogP contribution >= 0.6 is 11.6 Å². The van der Waals surface area contributed by atoms with Crippen LogP contribution in [0.25, 0.3) is 0 Å². The lowest BCUT2D eigenvalue weighted by molar-refractivity contribution is -0.121. The highest BCUT2D eigenvalue weighted by Crippen LogP contribution is 2.34. The predicted octanol–water partition coefficient (Wildman–Crippen LogP) is 3.09. The number of amidine groups is 1. The molecule has 0 radical (unpaired) electrons. The van der Waals surface area contributed by atoms with Crippen LogP contribution in [-0.4, -0.2) is 41.0 Å². The normalized spacial score (nSPS) is 23.0. The molecule has 3 N–H and O–H groups in total. The zero-order valence-electron chi connectivity index (χ0n) is 18.4. The molecule has 0 saturated carbocycles. The molecule has 9 heteroatoms. The molecule has 0 bridgehead atoms. The van der Waals surface area contributed by atoms with Crippen molar-refractivity contribution < 1.29 is 9.53 Å². The molecule has 3 aliphatic rings. The van der Waals surface area contributed by atoms with Gasteiger partial charge >= 0.3 is 0 Å². The molecule has 33 heavy (non-hydrogen) atoms. The summed E-state index contributed by atoms with van der Waals surface area (Å²) in [5, 5.41) is 10.4. The van der Waals surface area contributed by atoms with Crippen LogP contribution in [0.4, 0.5) is 0 Å². The number of nitrogens with one attached hydrogen (secondary N) is 3. The molecule has 2 aromatic carbocycles.